The first-order valence-corrected chi connectivity index (χ1v) is 6.60. The Labute approximate surface area is 123 Å². The Morgan fingerprint density at radius 2 is 2.14 bits per heavy atom. The maximum atomic E-state index is 14.0. The lowest BCUT2D eigenvalue weighted by Crippen LogP contribution is -2.31. The molecule has 0 amide bonds. The van der Waals surface area contributed by atoms with Gasteiger partial charge in [0, 0.05) is 44.8 Å². The number of amidine groups is 1. The zero-order chi connectivity index (χ0) is 15.7. The van der Waals surface area contributed by atoms with Gasteiger partial charge in [-0.1, -0.05) is 11.2 Å². The number of ether oxygens (including phenoxy) is 2. The molecule has 0 aromatic heterocycles. The second-order valence-corrected chi connectivity index (χ2v) is 4.57. The molecule has 118 valence electrons. The molecular formula is C14H22FN3O3. The molecule has 21 heavy (non-hydrogen) atoms. The van der Waals surface area contributed by atoms with Crippen LogP contribution in [0.4, 0.5) is 4.39 Å². The van der Waals surface area contributed by atoms with Crippen LogP contribution in [-0.2, 0) is 11.3 Å². The number of halogens is 1. The van der Waals surface area contributed by atoms with E-state index in [1.165, 1.54) is 13.2 Å². The SMILES string of the molecule is COCCN(CC/C(N)=N/O)Cc1ccc(OC)cc1F. The Morgan fingerprint density at radius 1 is 1.38 bits per heavy atom. The Balaban J connectivity index is 2.70. The molecule has 0 bridgehead atoms. The minimum atomic E-state index is -0.319. The molecular weight excluding hydrogens is 277 g/mol. The number of hydrogen-bond acceptors (Lipinski definition) is 5. The molecule has 3 N–H and O–H groups in total. The first-order chi connectivity index (χ1) is 10.1. The highest BCUT2D eigenvalue weighted by Crippen LogP contribution is 2.17. The molecule has 0 aliphatic rings. The monoisotopic (exact) mass is 299 g/mol. The molecule has 0 saturated heterocycles. The number of oxime groups is 1. The summed E-state index contributed by atoms with van der Waals surface area (Å²) in [5, 5.41) is 11.5. The average Bonchev–Trinajstić information content (AvgIpc) is 2.50. The average molecular weight is 299 g/mol. The van der Waals surface area contributed by atoms with Crippen LogP contribution >= 0.6 is 0 Å². The van der Waals surface area contributed by atoms with Crippen molar-refractivity contribution in [2.45, 2.75) is 13.0 Å². The van der Waals surface area contributed by atoms with Crippen LogP contribution in [0.1, 0.15) is 12.0 Å². The molecule has 0 spiro atoms. The van der Waals surface area contributed by atoms with Crippen LogP contribution in [-0.4, -0.2) is 49.9 Å². The molecule has 0 aliphatic carbocycles. The Kier molecular flexibility index (Phi) is 7.49. The van der Waals surface area contributed by atoms with Gasteiger partial charge in [-0.3, -0.25) is 4.90 Å². The lowest BCUT2D eigenvalue weighted by atomic mass is 10.2. The van der Waals surface area contributed by atoms with E-state index in [-0.39, 0.29) is 11.7 Å². The molecule has 6 nitrogen and oxygen atoms in total. The maximum absolute atomic E-state index is 14.0. The van der Waals surface area contributed by atoms with Gasteiger partial charge in [0.2, 0.25) is 0 Å². The van der Waals surface area contributed by atoms with E-state index >= 15 is 0 Å². The summed E-state index contributed by atoms with van der Waals surface area (Å²) in [5.74, 6) is 0.310. The third-order valence-electron chi connectivity index (χ3n) is 3.08. The molecule has 0 heterocycles. The van der Waals surface area contributed by atoms with Crippen LogP contribution in [0.15, 0.2) is 23.4 Å². The number of nitrogens with zero attached hydrogens (tertiary/aromatic N) is 2. The Hall–Kier alpha value is -1.86. The van der Waals surface area contributed by atoms with Crippen molar-refractivity contribution >= 4 is 5.84 Å². The third kappa shape index (κ3) is 5.97. The molecule has 1 aromatic rings. The van der Waals surface area contributed by atoms with Crippen molar-refractivity contribution in [2.75, 3.05) is 33.9 Å². The van der Waals surface area contributed by atoms with Gasteiger partial charge in [0.05, 0.1) is 13.7 Å². The van der Waals surface area contributed by atoms with Crippen molar-refractivity contribution in [1.82, 2.24) is 4.90 Å². The molecule has 0 aliphatic heterocycles. The van der Waals surface area contributed by atoms with E-state index in [1.54, 1.807) is 19.2 Å². The fourth-order valence-corrected chi connectivity index (χ4v) is 1.84. The first kappa shape index (κ1) is 17.2. The summed E-state index contributed by atoms with van der Waals surface area (Å²) in [7, 11) is 3.10. The third-order valence-corrected chi connectivity index (χ3v) is 3.08. The quantitative estimate of drug-likeness (QED) is 0.312. The van der Waals surface area contributed by atoms with Crippen molar-refractivity contribution in [3.63, 3.8) is 0 Å². The van der Waals surface area contributed by atoms with Crippen molar-refractivity contribution < 1.29 is 19.1 Å². The van der Waals surface area contributed by atoms with Gasteiger partial charge in [-0.05, 0) is 6.07 Å². The standard InChI is InChI=1S/C14H22FN3O3/c1-20-8-7-18(6-5-14(16)17-19)10-11-3-4-12(21-2)9-13(11)15/h3-4,9,19H,5-8,10H2,1-2H3,(H2,16,17). The van der Waals surface area contributed by atoms with Gasteiger partial charge >= 0.3 is 0 Å². The fraction of sp³-hybridized carbons (Fsp3) is 0.500. The molecule has 7 heteroatoms. The Morgan fingerprint density at radius 3 is 2.71 bits per heavy atom. The molecule has 1 aromatic carbocycles. The van der Waals surface area contributed by atoms with E-state index < -0.39 is 0 Å². The fourth-order valence-electron chi connectivity index (χ4n) is 1.84. The summed E-state index contributed by atoms with van der Waals surface area (Å²) < 4.78 is 24.0. The highest BCUT2D eigenvalue weighted by Gasteiger charge is 2.11. The number of methoxy groups -OCH3 is 2. The first-order valence-electron chi connectivity index (χ1n) is 6.60. The van der Waals surface area contributed by atoms with Gasteiger partial charge in [0.15, 0.2) is 0 Å². The van der Waals surface area contributed by atoms with E-state index in [9.17, 15) is 4.39 Å². The highest BCUT2D eigenvalue weighted by molar-refractivity contribution is 5.79. The van der Waals surface area contributed by atoms with Crippen LogP contribution in [0.25, 0.3) is 0 Å². The van der Waals surface area contributed by atoms with Crippen LogP contribution in [0.3, 0.4) is 0 Å². The lowest BCUT2D eigenvalue weighted by Gasteiger charge is -2.22. The highest BCUT2D eigenvalue weighted by atomic mass is 19.1. The molecule has 0 radical (unpaired) electrons. The normalized spacial score (nSPS) is 11.9. The minimum Gasteiger partial charge on any atom is -0.497 e. The van der Waals surface area contributed by atoms with Crippen LogP contribution < -0.4 is 10.5 Å². The predicted molar refractivity (Wildman–Crippen MR) is 78.1 cm³/mol. The molecule has 0 saturated carbocycles. The van der Waals surface area contributed by atoms with Gasteiger partial charge in [0.25, 0.3) is 0 Å². The van der Waals surface area contributed by atoms with E-state index in [4.69, 9.17) is 20.4 Å². The van der Waals surface area contributed by atoms with Crippen LogP contribution in [0.2, 0.25) is 0 Å². The van der Waals surface area contributed by atoms with Crippen molar-refractivity contribution in [3.05, 3.63) is 29.6 Å². The molecule has 0 fully saturated rings. The predicted octanol–water partition coefficient (Wildman–Crippen LogP) is 1.42. The summed E-state index contributed by atoms with van der Waals surface area (Å²) in [6.07, 6.45) is 0.401. The Bertz CT molecular complexity index is 469. The van der Waals surface area contributed by atoms with Crippen molar-refractivity contribution in [3.8, 4) is 5.75 Å². The zero-order valence-electron chi connectivity index (χ0n) is 12.4. The minimum absolute atomic E-state index is 0.146. The largest absolute Gasteiger partial charge is 0.497 e. The van der Waals surface area contributed by atoms with E-state index in [2.05, 4.69) is 5.16 Å². The lowest BCUT2D eigenvalue weighted by molar-refractivity contribution is 0.145. The number of hydrogen-bond donors (Lipinski definition) is 2. The number of benzene rings is 1. The second kappa shape index (κ2) is 9.15. The second-order valence-electron chi connectivity index (χ2n) is 4.57. The van der Waals surface area contributed by atoms with Crippen molar-refractivity contribution in [1.29, 1.82) is 0 Å². The van der Waals surface area contributed by atoms with Gasteiger partial charge in [-0.15, -0.1) is 0 Å². The summed E-state index contributed by atoms with van der Waals surface area (Å²) >= 11 is 0. The topological polar surface area (TPSA) is 80.3 Å². The van der Waals surface area contributed by atoms with E-state index in [0.29, 0.717) is 44.0 Å². The van der Waals surface area contributed by atoms with Gasteiger partial charge < -0.3 is 20.4 Å². The van der Waals surface area contributed by atoms with Crippen molar-refractivity contribution in [2.24, 2.45) is 10.9 Å². The molecule has 0 unspecified atom stereocenters. The maximum Gasteiger partial charge on any atom is 0.140 e. The van der Waals surface area contributed by atoms with Gasteiger partial charge in [-0.25, -0.2) is 4.39 Å². The van der Waals surface area contributed by atoms with Gasteiger partial charge in [-0.2, -0.15) is 0 Å². The van der Waals surface area contributed by atoms with Crippen LogP contribution in [0.5, 0.6) is 5.75 Å². The molecule has 0 atom stereocenters. The van der Waals surface area contributed by atoms with E-state index in [0.717, 1.165) is 0 Å². The number of nitrogens with two attached hydrogens (primary N) is 1. The number of rotatable bonds is 9. The zero-order valence-corrected chi connectivity index (χ0v) is 12.4. The summed E-state index contributed by atoms with van der Waals surface area (Å²) in [5.41, 5.74) is 6.02. The van der Waals surface area contributed by atoms with Gasteiger partial charge in [0.1, 0.15) is 17.4 Å². The summed E-state index contributed by atoms with van der Waals surface area (Å²) in [6, 6.07) is 4.77. The van der Waals surface area contributed by atoms with E-state index in [1.807, 2.05) is 4.90 Å². The smallest absolute Gasteiger partial charge is 0.140 e. The summed E-state index contributed by atoms with van der Waals surface area (Å²) in [4.78, 5) is 1.98. The van der Waals surface area contributed by atoms with Crippen LogP contribution in [0, 0.1) is 5.82 Å². The summed E-state index contributed by atoms with van der Waals surface area (Å²) in [6.45, 7) is 2.11. The molecule has 1 rings (SSSR count).